The quantitative estimate of drug-likeness (QED) is 0.719. The highest BCUT2D eigenvalue weighted by molar-refractivity contribution is 7.80. The molecule has 116 valence electrons. The van der Waals surface area contributed by atoms with E-state index in [9.17, 15) is 4.79 Å². The molecule has 0 aliphatic heterocycles. The number of nitrogens with one attached hydrogen (secondary N) is 1. The molecule has 1 rings (SSSR count). The van der Waals surface area contributed by atoms with Crippen LogP contribution in [-0.2, 0) is 4.79 Å². The van der Waals surface area contributed by atoms with Crippen LogP contribution in [0.25, 0.3) is 0 Å². The average molecular weight is 310 g/mol. The Bertz CT molecular complexity index is 506. The SMILES string of the molecule is CCCNC(=O)C(C)Oc1ccc(C(N)=S)cc1OCC. The fourth-order valence-electron chi connectivity index (χ4n) is 1.66. The Morgan fingerprint density at radius 2 is 2.10 bits per heavy atom. The maximum absolute atomic E-state index is 11.8. The number of carbonyl (C=O) groups is 1. The molecule has 0 bridgehead atoms. The van der Waals surface area contributed by atoms with Crippen molar-refractivity contribution in [1.29, 1.82) is 0 Å². The van der Waals surface area contributed by atoms with E-state index < -0.39 is 6.10 Å². The minimum Gasteiger partial charge on any atom is -0.490 e. The predicted octanol–water partition coefficient (Wildman–Crippen LogP) is 2.01. The van der Waals surface area contributed by atoms with Gasteiger partial charge < -0.3 is 20.5 Å². The molecule has 0 radical (unpaired) electrons. The van der Waals surface area contributed by atoms with Gasteiger partial charge in [-0.05, 0) is 38.5 Å². The second-order valence-corrected chi connectivity index (χ2v) is 4.95. The number of ether oxygens (including phenoxy) is 2. The minimum absolute atomic E-state index is 0.155. The lowest BCUT2D eigenvalue weighted by molar-refractivity contribution is -0.127. The Morgan fingerprint density at radius 3 is 2.67 bits per heavy atom. The molecule has 21 heavy (non-hydrogen) atoms. The monoisotopic (exact) mass is 310 g/mol. The molecular weight excluding hydrogens is 288 g/mol. The normalized spacial score (nSPS) is 11.6. The smallest absolute Gasteiger partial charge is 0.260 e. The Kier molecular flexibility index (Phi) is 6.94. The molecule has 0 aliphatic carbocycles. The van der Waals surface area contributed by atoms with E-state index >= 15 is 0 Å². The molecule has 0 saturated carbocycles. The van der Waals surface area contributed by atoms with Gasteiger partial charge in [-0.15, -0.1) is 0 Å². The van der Waals surface area contributed by atoms with Crippen molar-refractivity contribution in [3.8, 4) is 11.5 Å². The second-order valence-electron chi connectivity index (χ2n) is 4.51. The first-order valence-electron chi connectivity index (χ1n) is 7.00. The van der Waals surface area contributed by atoms with Crippen LogP contribution in [0.2, 0.25) is 0 Å². The van der Waals surface area contributed by atoms with E-state index in [0.29, 0.717) is 30.2 Å². The molecule has 1 aromatic rings. The van der Waals surface area contributed by atoms with Crippen LogP contribution in [0.3, 0.4) is 0 Å². The number of nitrogens with two attached hydrogens (primary N) is 1. The van der Waals surface area contributed by atoms with Gasteiger partial charge in [0.1, 0.15) is 4.99 Å². The van der Waals surface area contributed by atoms with Gasteiger partial charge in [0.2, 0.25) is 0 Å². The van der Waals surface area contributed by atoms with Crippen molar-refractivity contribution in [1.82, 2.24) is 5.32 Å². The van der Waals surface area contributed by atoms with Crippen molar-refractivity contribution in [2.75, 3.05) is 13.2 Å². The zero-order valence-corrected chi connectivity index (χ0v) is 13.5. The van der Waals surface area contributed by atoms with Gasteiger partial charge in [0, 0.05) is 12.1 Å². The number of hydrogen-bond donors (Lipinski definition) is 2. The predicted molar refractivity (Wildman–Crippen MR) is 86.9 cm³/mol. The topological polar surface area (TPSA) is 73.6 Å². The highest BCUT2D eigenvalue weighted by Crippen LogP contribution is 2.29. The van der Waals surface area contributed by atoms with Crippen LogP contribution in [0.15, 0.2) is 18.2 Å². The molecule has 1 unspecified atom stereocenters. The Labute approximate surface area is 130 Å². The number of amides is 1. The first kappa shape index (κ1) is 17.2. The highest BCUT2D eigenvalue weighted by atomic mass is 32.1. The third-order valence-electron chi connectivity index (χ3n) is 2.75. The fourth-order valence-corrected chi connectivity index (χ4v) is 1.79. The largest absolute Gasteiger partial charge is 0.490 e. The van der Waals surface area contributed by atoms with Crippen LogP contribution in [0, 0.1) is 0 Å². The van der Waals surface area contributed by atoms with Gasteiger partial charge >= 0.3 is 0 Å². The molecule has 0 fully saturated rings. The molecule has 6 heteroatoms. The Hall–Kier alpha value is -1.82. The third kappa shape index (κ3) is 5.23. The van der Waals surface area contributed by atoms with E-state index in [0.717, 1.165) is 6.42 Å². The van der Waals surface area contributed by atoms with Crippen molar-refractivity contribution in [2.24, 2.45) is 5.73 Å². The maximum Gasteiger partial charge on any atom is 0.260 e. The standard InChI is InChI=1S/C15H22N2O3S/c1-4-8-17-15(18)10(3)20-12-7-6-11(14(16)21)9-13(12)19-5-2/h6-7,9-10H,4-5,8H2,1-3H3,(H2,16,21)(H,17,18). The molecule has 1 aromatic carbocycles. The summed E-state index contributed by atoms with van der Waals surface area (Å²) in [6, 6.07) is 5.18. The molecule has 1 atom stereocenters. The molecule has 5 nitrogen and oxygen atoms in total. The zero-order chi connectivity index (χ0) is 15.8. The van der Waals surface area contributed by atoms with E-state index in [1.54, 1.807) is 25.1 Å². The van der Waals surface area contributed by atoms with Gasteiger partial charge in [-0.1, -0.05) is 19.1 Å². The maximum atomic E-state index is 11.8. The van der Waals surface area contributed by atoms with E-state index in [4.69, 9.17) is 27.4 Å². The Morgan fingerprint density at radius 1 is 1.38 bits per heavy atom. The molecule has 1 amide bonds. The van der Waals surface area contributed by atoms with E-state index in [1.165, 1.54) is 0 Å². The van der Waals surface area contributed by atoms with Crippen molar-refractivity contribution in [3.05, 3.63) is 23.8 Å². The van der Waals surface area contributed by atoms with E-state index in [-0.39, 0.29) is 10.9 Å². The highest BCUT2D eigenvalue weighted by Gasteiger charge is 2.17. The number of benzene rings is 1. The molecule has 0 aliphatic rings. The fraction of sp³-hybridized carbons (Fsp3) is 0.467. The lowest BCUT2D eigenvalue weighted by atomic mass is 10.2. The van der Waals surface area contributed by atoms with Gasteiger partial charge in [-0.2, -0.15) is 0 Å². The van der Waals surface area contributed by atoms with Crippen molar-refractivity contribution in [2.45, 2.75) is 33.3 Å². The van der Waals surface area contributed by atoms with Gasteiger partial charge in [0.05, 0.1) is 6.61 Å². The summed E-state index contributed by atoms with van der Waals surface area (Å²) in [5.41, 5.74) is 6.30. The van der Waals surface area contributed by atoms with Gasteiger partial charge in [0.15, 0.2) is 17.6 Å². The third-order valence-corrected chi connectivity index (χ3v) is 2.99. The number of rotatable bonds is 8. The molecule has 0 heterocycles. The Balaban J connectivity index is 2.86. The molecule has 0 aromatic heterocycles. The van der Waals surface area contributed by atoms with Crippen LogP contribution < -0.4 is 20.5 Å². The summed E-state index contributed by atoms with van der Waals surface area (Å²) in [7, 11) is 0. The summed E-state index contributed by atoms with van der Waals surface area (Å²) in [4.78, 5) is 12.1. The number of thiocarbonyl (C=S) groups is 1. The zero-order valence-electron chi connectivity index (χ0n) is 12.6. The second kappa shape index (κ2) is 8.46. The summed E-state index contributed by atoms with van der Waals surface area (Å²) in [6.45, 7) is 6.67. The molecule has 3 N–H and O–H groups in total. The molecule has 0 spiro atoms. The van der Waals surface area contributed by atoms with Gasteiger partial charge in [0.25, 0.3) is 5.91 Å². The van der Waals surface area contributed by atoms with Crippen LogP contribution in [0.5, 0.6) is 11.5 Å². The molecule has 0 saturated heterocycles. The summed E-state index contributed by atoms with van der Waals surface area (Å²) in [5.74, 6) is 0.867. The van der Waals surface area contributed by atoms with Gasteiger partial charge in [-0.3, -0.25) is 4.79 Å². The number of carbonyl (C=O) groups excluding carboxylic acids is 1. The van der Waals surface area contributed by atoms with Crippen LogP contribution >= 0.6 is 12.2 Å². The minimum atomic E-state index is -0.605. The lowest BCUT2D eigenvalue weighted by Crippen LogP contribution is -2.36. The first-order valence-corrected chi connectivity index (χ1v) is 7.41. The summed E-state index contributed by atoms with van der Waals surface area (Å²) < 4.78 is 11.2. The van der Waals surface area contributed by atoms with E-state index in [2.05, 4.69) is 5.32 Å². The summed E-state index contributed by atoms with van der Waals surface area (Å²) >= 11 is 4.94. The van der Waals surface area contributed by atoms with Crippen molar-refractivity contribution in [3.63, 3.8) is 0 Å². The lowest BCUT2D eigenvalue weighted by Gasteiger charge is -2.17. The van der Waals surface area contributed by atoms with Crippen molar-refractivity contribution < 1.29 is 14.3 Å². The van der Waals surface area contributed by atoms with Crippen LogP contribution in [0.4, 0.5) is 0 Å². The average Bonchev–Trinajstić information content (AvgIpc) is 2.46. The van der Waals surface area contributed by atoms with E-state index in [1.807, 2.05) is 13.8 Å². The summed E-state index contributed by atoms with van der Waals surface area (Å²) in [5, 5.41) is 2.79. The first-order chi connectivity index (χ1) is 9.99. The van der Waals surface area contributed by atoms with Crippen molar-refractivity contribution >= 4 is 23.1 Å². The number of hydrogen-bond acceptors (Lipinski definition) is 4. The van der Waals surface area contributed by atoms with Gasteiger partial charge in [-0.25, -0.2) is 0 Å². The van der Waals surface area contributed by atoms with Crippen LogP contribution in [0.1, 0.15) is 32.8 Å². The van der Waals surface area contributed by atoms with Crippen LogP contribution in [-0.4, -0.2) is 30.2 Å². The molecular formula is C15H22N2O3S. The summed E-state index contributed by atoms with van der Waals surface area (Å²) in [6.07, 6.45) is 0.275.